The Kier molecular flexibility index (Phi) is 4.11. The second-order valence-corrected chi connectivity index (χ2v) is 5.54. The van der Waals surface area contributed by atoms with Gasteiger partial charge in [-0.2, -0.15) is 5.10 Å². The topological polar surface area (TPSA) is 58.4 Å². The van der Waals surface area contributed by atoms with E-state index in [0.717, 1.165) is 5.69 Å². The first-order valence-electron chi connectivity index (χ1n) is 6.98. The molecule has 0 saturated carbocycles. The van der Waals surface area contributed by atoms with E-state index in [2.05, 4.69) is 5.10 Å². The summed E-state index contributed by atoms with van der Waals surface area (Å²) in [5, 5.41) is 4.10. The van der Waals surface area contributed by atoms with E-state index in [-0.39, 0.29) is 17.7 Å². The lowest BCUT2D eigenvalue weighted by molar-refractivity contribution is -0.135. The van der Waals surface area contributed by atoms with Crippen LogP contribution in [0.4, 0.5) is 0 Å². The lowest BCUT2D eigenvalue weighted by Gasteiger charge is -2.35. The normalized spacial score (nSPS) is 15.8. The van der Waals surface area contributed by atoms with Gasteiger partial charge in [-0.25, -0.2) is 0 Å². The summed E-state index contributed by atoms with van der Waals surface area (Å²) in [7, 11) is 1.82. The third-order valence-electron chi connectivity index (χ3n) is 3.84. The van der Waals surface area contributed by atoms with Gasteiger partial charge in [0.15, 0.2) is 0 Å². The number of carbonyl (C=O) groups excluding carboxylic acids is 2. The number of carbonyl (C=O) groups is 2. The minimum absolute atomic E-state index is 0.00671. The summed E-state index contributed by atoms with van der Waals surface area (Å²) >= 11 is 0. The summed E-state index contributed by atoms with van der Waals surface area (Å²) in [5.41, 5.74) is 1.52. The molecular formula is C14H22N4O2. The Balaban J connectivity index is 1.99. The predicted octanol–water partition coefficient (Wildman–Crippen LogP) is 0.669. The molecule has 110 valence electrons. The van der Waals surface area contributed by atoms with Crippen molar-refractivity contribution in [2.45, 2.75) is 20.8 Å². The van der Waals surface area contributed by atoms with Crippen molar-refractivity contribution in [1.82, 2.24) is 19.6 Å². The third kappa shape index (κ3) is 2.69. The molecule has 2 heterocycles. The van der Waals surface area contributed by atoms with Crippen molar-refractivity contribution in [3.8, 4) is 0 Å². The highest BCUT2D eigenvalue weighted by molar-refractivity contribution is 5.95. The van der Waals surface area contributed by atoms with Crippen molar-refractivity contribution in [3.05, 3.63) is 17.5 Å². The molecule has 0 unspecified atom stereocenters. The Morgan fingerprint density at radius 3 is 2.15 bits per heavy atom. The van der Waals surface area contributed by atoms with Crippen molar-refractivity contribution in [2.24, 2.45) is 13.0 Å². The van der Waals surface area contributed by atoms with Crippen LogP contribution in [0.1, 0.15) is 29.9 Å². The van der Waals surface area contributed by atoms with E-state index in [4.69, 9.17) is 0 Å². The average Bonchev–Trinajstić information content (AvgIpc) is 2.77. The fourth-order valence-electron chi connectivity index (χ4n) is 2.37. The number of hydrogen-bond donors (Lipinski definition) is 0. The summed E-state index contributed by atoms with van der Waals surface area (Å²) in [5.74, 6) is 0.180. The first-order valence-corrected chi connectivity index (χ1v) is 6.98. The molecule has 1 aromatic rings. The zero-order valence-electron chi connectivity index (χ0n) is 12.6. The maximum absolute atomic E-state index is 12.4. The maximum atomic E-state index is 12.4. The van der Waals surface area contributed by atoms with Crippen molar-refractivity contribution >= 4 is 11.8 Å². The Bertz CT molecular complexity index is 513. The lowest BCUT2D eigenvalue weighted by Crippen LogP contribution is -2.51. The molecule has 6 nitrogen and oxygen atoms in total. The van der Waals surface area contributed by atoms with Gasteiger partial charge in [-0.1, -0.05) is 13.8 Å². The molecule has 20 heavy (non-hydrogen) atoms. The highest BCUT2D eigenvalue weighted by Gasteiger charge is 2.27. The predicted molar refractivity (Wildman–Crippen MR) is 75.3 cm³/mol. The van der Waals surface area contributed by atoms with Crippen LogP contribution in [0.5, 0.6) is 0 Å². The van der Waals surface area contributed by atoms with Gasteiger partial charge in [0.2, 0.25) is 5.91 Å². The van der Waals surface area contributed by atoms with E-state index in [1.807, 2.05) is 32.7 Å². The molecule has 0 aliphatic carbocycles. The molecule has 0 bridgehead atoms. The van der Waals surface area contributed by atoms with E-state index in [9.17, 15) is 9.59 Å². The van der Waals surface area contributed by atoms with Crippen LogP contribution in [0.3, 0.4) is 0 Å². The van der Waals surface area contributed by atoms with Crippen molar-refractivity contribution < 1.29 is 9.59 Å². The van der Waals surface area contributed by atoms with Crippen molar-refractivity contribution in [3.63, 3.8) is 0 Å². The molecule has 0 radical (unpaired) electrons. The molecule has 0 atom stereocenters. The zero-order valence-corrected chi connectivity index (χ0v) is 12.6. The highest BCUT2D eigenvalue weighted by Crippen LogP contribution is 2.13. The number of amides is 2. The van der Waals surface area contributed by atoms with E-state index < -0.39 is 0 Å². The number of hydrogen-bond acceptors (Lipinski definition) is 3. The lowest BCUT2D eigenvalue weighted by atomic mass is 10.1. The quantitative estimate of drug-likeness (QED) is 0.799. The molecule has 2 amide bonds. The van der Waals surface area contributed by atoms with Gasteiger partial charge >= 0.3 is 0 Å². The van der Waals surface area contributed by atoms with Crippen molar-refractivity contribution in [2.75, 3.05) is 26.2 Å². The van der Waals surface area contributed by atoms with Gasteiger partial charge in [0.05, 0.1) is 11.8 Å². The molecule has 1 aromatic heterocycles. The van der Waals surface area contributed by atoms with Gasteiger partial charge in [0.1, 0.15) is 0 Å². The monoisotopic (exact) mass is 278 g/mol. The van der Waals surface area contributed by atoms with Crippen LogP contribution in [0.25, 0.3) is 0 Å². The van der Waals surface area contributed by atoms with Crippen LogP contribution >= 0.6 is 0 Å². The summed E-state index contributed by atoms with van der Waals surface area (Å²) < 4.78 is 1.70. The van der Waals surface area contributed by atoms with Gasteiger partial charge < -0.3 is 9.80 Å². The minimum atomic E-state index is 0.00671. The van der Waals surface area contributed by atoms with Crippen LogP contribution in [0.15, 0.2) is 6.20 Å². The van der Waals surface area contributed by atoms with Crippen LogP contribution < -0.4 is 0 Å². The molecule has 1 aliphatic rings. The summed E-state index contributed by atoms with van der Waals surface area (Å²) in [6, 6.07) is 0. The minimum Gasteiger partial charge on any atom is -0.339 e. The molecule has 6 heteroatoms. The van der Waals surface area contributed by atoms with Gasteiger partial charge in [-0.15, -0.1) is 0 Å². The second-order valence-electron chi connectivity index (χ2n) is 5.54. The molecule has 1 fully saturated rings. The van der Waals surface area contributed by atoms with E-state index >= 15 is 0 Å². The van der Waals surface area contributed by atoms with Crippen LogP contribution in [-0.4, -0.2) is 57.6 Å². The molecule has 1 saturated heterocycles. The molecule has 2 rings (SSSR count). The van der Waals surface area contributed by atoms with Gasteiger partial charge in [0, 0.05) is 44.8 Å². The fraction of sp³-hybridized carbons (Fsp3) is 0.643. The SMILES string of the molecule is Cc1c(C(=O)N2CCN(C(=O)C(C)C)CC2)cnn1C. The number of piperazine rings is 1. The Morgan fingerprint density at radius 1 is 1.15 bits per heavy atom. The van der Waals surface area contributed by atoms with E-state index in [0.29, 0.717) is 31.7 Å². The first kappa shape index (κ1) is 14.6. The number of nitrogens with zero attached hydrogens (tertiary/aromatic N) is 4. The van der Waals surface area contributed by atoms with Crippen LogP contribution in [0.2, 0.25) is 0 Å². The summed E-state index contributed by atoms with van der Waals surface area (Å²) in [6.07, 6.45) is 1.61. The molecule has 0 aromatic carbocycles. The smallest absolute Gasteiger partial charge is 0.257 e. The maximum Gasteiger partial charge on any atom is 0.257 e. The number of rotatable bonds is 2. The standard InChI is InChI=1S/C14H22N4O2/c1-10(2)13(19)17-5-7-18(8-6-17)14(20)12-9-15-16(4)11(12)3/h9-10H,5-8H2,1-4H3. The zero-order chi connectivity index (χ0) is 14.9. The Hall–Kier alpha value is -1.85. The molecular weight excluding hydrogens is 256 g/mol. The highest BCUT2D eigenvalue weighted by atomic mass is 16.2. The van der Waals surface area contributed by atoms with Gasteiger partial charge in [0.25, 0.3) is 5.91 Å². The van der Waals surface area contributed by atoms with E-state index in [1.54, 1.807) is 15.8 Å². The van der Waals surface area contributed by atoms with Gasteiger partial charge in [-0.3, -0.25) is 14.3 Å². The molecule has 0 N–H and O–H groups in total. The summed E-state index contributed by atoms with van der Waals surface area (Å²) in [6.45, 7) is 8.10. The van der Waals surface area contributed by atoms with Crippen molar-refractivity contribution in [1.29, 1.82) is 0 Å². The number of aromatic nitrogens is 2. The summed E-state index contributed by atoms with van der Waals surface area (Å²) in [4.78, 5) is 28.0. The Labute approximate surface area is 119 Å². The van der Waals surface area contributed by atoms with Crippen LogP contribution in [0, 0.1) is 12.8 Å². The average molecular weight is 278 g/mol. The molecule has 1 aliphatic heterocycles. The van der Waals surface area contributed by atoms with Gasteiger partial charge in [-0.05, 0) is 6.92 Å². The Morgan fingerprint density at radius 2 is 1.70 bits per heavy atom. The first-order chi connectivity index (χ1) is 9.41. The third-order valence-corrected chi connectivity index (χ3v) is 3.84. The van der Waals surface area contributed by atoms with Crippen LogP contribution in [-0.2, 0) is 11.8 Å². The molecule has 0 spiro atoms. The number of aryl methyl sites for hydroxylation is 1. The van der Waals surface area contributed by atoms with E-state index in [1.165, 1.54) is 0 Å². The fourth-order valence-corrected chi connectivity index (χ4v) is 2.37. The second kappa shape index (κ2) is 5.64. The largest absolute Gasteiger partial charge is 0.339 e.